The first-order valence-corrected chi connectivity index (χ1v) is 10.6. The molecule has 2 heterocycles. The Morgan fingerprint density at radius 3 is 2.77 bits per heavy atom. The molecule has 0 spiro atoms. The largest absolute Gasteiger partial charge is 0.440 e. The average molecular weight is 389 g/mol. The van der Waals surface area contributed by atoms with Crippen LogP contribution < -0.4 is 5.32 Å². The summed E-state index contributed by atoms with van der Waals surface area (Å²) < 4.78 is 17.9. The number of amides is 1. The summed E-state index contributed by atoms with van der Waals surface area (Å²) in [6.45, 7) is 2.34. The number of rotatable bonds is 8. The van der Waals surface area contributed by atoms with Crippen LogP contribution in [0.4, 0.5) is 0 Å². The monoisotopic (exact) mass is 388 g/mol. The third-order valence-electron chi connectivity index (χ3n) is 3.79. The highest BCUT2D eigenvalue weighted by molar-refractivity contribution is 7.84. The quantitative estimate of drug-likeness (QED) is 0.642. The van der Waals surface area contributed by atoms with Crippen LogP contribution in [0.25, 0.3) is 10.8 Å². The summed E-state index contributed by atoms with van der Waals surface area (Å²) in [5, 5.41) is 4.77. The number of aromatic nitrogens is 1. The fourth-order valence-corrected chi connectivity index (χ4v) is 4.18. The molecule has 0 aliphatic carbocycles. The van der Waals surface area contributed by atoms with Gasteiger partial charge in [-0.3, -0.25) is 9.00 Å². The van der Waals surface area contributed by atoms with E-state index in [9.17, 15) is 9.00 Å². The van der Waals surface area contributed by atoms with E-state index in [0.717, 1.165) is 16.9 Å². The Balaban J connectivity index is 1.47. The van der Waals surface area contributed by atoms with Crippen molar-refractivity contribution in [2.45, 2.75) is 19.1 Å². The van der Waals surface area contributed by atoms with Gasteiger partial charge in [-0.05, 0) is 30.4 Å². The summed E-state index contributed by atoms with van der Waals surface area (Å²) in [4.78, 5) is 17.3. The molecule has 0 aliphatic rings. The zero-order valence-corrected chi connectivity index (χ0v) is 16.1. The third-order valence-corrected chi connectivity index (χ3v) is 5.83. The second kappa shape index (κ2) is 8.91. The molecule has 7 heteroatoms. The van der Waals surface area contributed by atoms with E-state index in [1.165, 1.54) is 11.3 Å². The molecule has 3 aromatic rings. The smallest absolute Gasteiger partial charge is 0.236 e. The Bertz CT molecular complexity index is 874. The van der Waals surface area contributed by atoms with E-state index in [2.05, 4.69) is 10.3 Å². The lowest BCUT2D eigenvalue weighted by Crippen LogP contribution is -2.30. The van der Waals surface area contributed by atoms with Gasteiger partial charge in [0.05, 0.1) is 16.3 Å². The Morgan fingerprint density at radius 1 is 1.23 bits per heavy atom. The van der Waals surface area contributed by atoms with Crippen molar-refractivity contribution in [2.24, 2.45) is 0 Å². The van der Waals surface area contributed by atoms with Crippen LogP contribution >= 0.6 is 11.3 Å². The standard InChI is InChI=1S/C19H20N2O3S2/c1-14-16(21-19(24-14)17-8-5-11-25-17)12-26(23)13-18(22)20-10-9-15-6-3-2-4-7-15/h2-8,11H,9-10,12-13H2,1H3,(H,20,22)/t26-/m0/s1. The average Bonchev–Trinajstić information content (AvgIpc) is 3.26. The van der Waals surface area contributed by atoms with Gasteiger partial charge >= 0.3 is 0 Å². The minimum Gasteiger partial charge on any atom is -0.440 e. The zero-order chi connectivity index (χ0) is 18.4. The van der Waals surface area contributed by atoms with Crippen LogP contribution in [0.2, 0.25) is 0 Å². The Hall–Kier alpha value is -2.25. The van der Waals surface area contributed by atoms with Gasteiger partial charge in [-0.15, -0.1) is 11.3 Å². The van der Waals surface area contributed by atoms with E-state index in [0.29, 0.717) is 23.9 Å². The molecule has 0 radical (unpaired) electrons. The van der Waals surface area contributed by atoms with Gasteiger partial charge in [-0.2, -0.15) is 0 Å². The first kappa shape index (κ1) is 18.5. The second-order valence-corrected chi connectivity index (χ2v) is 8.22. The lowest BCUT2D eigenvalue weighted by molar-refractivity contribution is -0.118. The first-order valence-electron chi connectivity index (χ1n) is 8.27. The van der Waals surface area contributed by atoms with Crippen molar-refractivity contribution in [3.8, 4) is 10.8 Å². The predicted octanol–water partition coefficient (Wildman–Crippen LogP) is 3.32. The maximum absolute atomic E-state index is 12.3. The Labute approximate surface area is 158 Å². The fraction of sp³-hybridized carbons (Fsp3) is 0.263. The van der Waals surface area contributed by atoms with Gasteiger partial charge in [-0.25, -0.2) is 4.98 Å². The highest BCUT2D eigenvalue weighted by Gasteiger charge is 2.16. The van der Waals surface area contributed by atoms with E-state index < -0.39 is 10.8 Å². The van der Waals surface area contributed by atoms with Crippen LogP contribution in [0, 0.1) is 6.92 Å². The van der Waals surface area contributed by atoms with Crippen molar-refractivity contribution in [3.63, 3.8) is 0 Å². The summed E-state index contributed by atoms with van der Waals surface area (Å²) in [6, 6.07) is 13.8. The minimum absolute atomic E-state index is 0.0323. The van der Waals surface area contributed by atoms with Crippen molar-refractivity contribution in [2.75, 3.05) is 12.3 Å². The normalized spacial score (nSPS) is 12.0. The molecule has 0 fully saturated rings. The number of hydrogen-bond acceptors (Lipinski definition) is 5. The number of nitrogens with one attached hydrogen (secondary N) is 1. The van der Waals surface area contributed by atoms with Crippen molar-refractivity contribution < 1.29 is 13.4 Å². The number of nitrogens with zero attached hydrogens (tertiary/aromatic N) is 1. The number of thiophene rings is 1. The predicted molar refractivity (Wildman–Crippen MR) is 104 cm³/mol. The summed E-state index contributed by atoms with van der Waals surface area (Å²) in [5.74, 6) is 1.16. The molecule has 1 atom stereocenters. The molecule has 1 amide bonds. The number of hydrogen-bond donors (Lipinski definition) is 1. The molecular weight excluding hydrogens is 368 g/mol. The molecular formula is C19H20N2O3S2. The molecule has 5 nitrogen and oxygen atoms in total. The third kappa shape index (κ3) is 5.12. The zero-order valence-electron chi connectivity index (χ0n) is 14.4. The van der Waals surface area contributed by atoms with Gasteiger partial charge in [0.15, 0.2) is 0 Å². The first-order chi connectivity index (χ1) is 12.6. The molecule has 2 aromatic heterocycles. The van der Waals surface area contributed by atoms with Crippen molar-refractivity contribution in [3.05, 3.63) is 64.9 Å². The lowest BCUT2D eigenvalue weighted by atomic mass is 10.1. The maximum atomic E-state index is 12.3. The summed E-state index contributed by atoms with van der Waals surface area (Å²) in [5.41, 5.74) is 1.80. The molecule has 1 aromatic carbocycles. The summed E-state index contributed by atoms with van der Waals surface area (Å²) in [7, 11) is -1.32. The molecule has 26 heavy (non-hydrogen) atoms. The molecule has 1 N–H and O–H groups in total. The van der Waals surface area contributed by atoms with Gasteiger partial charge in [-0.1, -0.05) is 36.4 Å². The van der Waals surface area contributed by atoms with Gasteiger partial charge in [0, 0.05) is 17.3 Å². The SMILES string of the molecule is Cc1oc(-c2cccs2)nc1C[S@](=O)CC(=O)NCCc1ccccc1. The van der Waals surface area contributed by atoms with Crippen LogP contribution in [0.3, 0.4) is 0 Å². The van der Waals surface area contributed by atoms with Crippen molar-refractivity contribution >= 4 is 28.0 Å². The molecule has 0 bridgehead atoms. The number of aryl methyl sites for hydroxylation is 1. The topological polar surface area (TPSA) is 72.2 Å². The van der Waals surface area contributed by atoms with Gasteiger partial charge in [0.2, 0.25) is 11.8 Å². The number of carbonyl (C=O) groups excluding carboxylic acids is 1. The van der Waals surface area contributed by atoms with Gasteiger partial charge in [0.1, 0.15) is 11.5 Å². The Kier molecular flexibility index (Phi) is 6.35. The van der Waals surface area contributed by atoms with Crippen LogP contribution in [-0.4, -0.2) is 27.4 Å². The number of oxazole rings is 1. The lowest BCUT2D eigenvalue weighted by Gasteiger charge is -2.05. The number of benzene rings is 1. The van der Waals surface area contributed by atoms with Crippen molar-refractivity contribution in [1.82, 2.24) is 10.3 Å². The van der Waals surface area contributed by atoms with E-state index in [-0.39, 0.29) is 17.4 Å². The molecule has 0 unspecified atom stereocenters. The minimum atomic E-state index is -1.32. The number of carbonyl (C=O) groups is 1. The van der Waals surface area contributed by atoms with Gasteiger partial charge in [0.25, 0.3) is 0 Å². The van der Waals surface area contributed by atoms with Crippen molar-refractivity contribution in [1.29, 1.82) is 0 Å². The molecule has 3 rings (SSSR count). The van der Waals surface area contributed by atoms with E-state index in [4.69, 9.17) is 4.42 Å². The van der Waals surface area contributed by atoms with E-state index >= 15 is 0 Å². The molecule has 0 saturated carbocycles. The Morgan fingerprint density at radius 2 is 2.04 bits per heavy atom. The summed E-state index contributed by atoms with van der Waals surface area (Å²) in [6.07, 6.45) is 0.756. The molecule has 0 aliphatic heterocycles. The highest BCUT2D eigenvalue weighted by Crippen LogP contribution is 2.26. The van der Waals surface area contributed by atoms with Gasteiger partial charge < -0.3 is 9.73 Å². The molecule has 136 valence electrons. The van der Waals surface area contributed by atoms with E-state index in [1.807, 2.05) is 47.8 Å². The van der Waals surface area contributed by atoms with E-state index in [1.54, 1.807) is 6.92 Å². The molecule has 0 saturated heterocycles. The fourth-order valence-electron chi connectivity index (χ4n) is 2.46. The van der Waals surface area contributed by atoms with Crippen LogP contribution in [0.5, 0.6) is 0 Å². The highest BCUT2D eigenvalue weighted by atomic mass is 32.2. The maximum Gasteiger partial charge on any atom is 0.236 e. The van der Waals surface area contributed by atoms with Crippen LogP contribution in [-0.2, 0) is 27.8 Å². The summed E-state index contributed by atoms with van der Waals surface area (Å²) >= 11 is 1.54. The second-order valence-electron chi connectivity index (χ2n) is 5.81. The van der Waals surface area contributed by atoms with Crippen LogP contribution in [0.1, 0.15) is 17.0 Å². The van der Waals surface area contributed by atoms with Crippen LogP contribution in [0.15, 0.2) is 52.3 Å².